The number of hydrogen-bond donors (Lipinski definition) is 0. The van der Waals surface area contributed by atoms with Gasteiger partial charge in [-0.2, -0.15) is 10.5 Å². The largest absolute Gasteiger partial charge is 0.311 e. The second-order valence-corrected chi connectivity index (χ2v) is 20.2. The van der Waals surface area contributed by atoms with Gasteiger partial charge in [0.1, 0.15) is 12.1 Å². The van der Waals surface area contributed by atoms with Gasteiger partial charge in [-0.05, 0) is 151 Å². The Labute approximate surface area is 492 Å². The molecule has 4 heteroatoms. The topological polar surface area (TPSA) is 54.1 Å². The summed E-state index contributed by atoms with van der Waals surface area (Å²) < 4.78 is 0. The number of rotatable bonds is 16. The molecule has 0 spiro atoms. The minimum atomic E-state index is 0.295. The first-order valence-electron chi connectivity index (χ1n) is 28.1. The zero-order valence-electron chi connectivity index (χ0n) is 46.1. The molecule has 0 aliphatic carbocycles. The van der Waals surface area contributed by atoms with Crippen molar-refractivity contribution in [1.82, 2.24) is 0 Å². The fourth-order valence-corrected chi connectivity index (χ4v) is 11.1. The van der Waals surface area contributed by atoms with Crippen molar-refractivity contribution in [2.75, 3.05) is 9.80 Å². The van der Waals surface area contributed by atoms with E-state index in [1.165, 1.54) is 0 Å². The minimum Gasteiger partial charge on any atom is -0.311 e. The third-order valence-corrected chi connectivity index (χ3v) is 15.0. The normalized spacial score (nSPS) is 11.0. The van der Waals surface area contributed by atoms with Crippen LogP contribution in [0, 0.1) is 22.7 Å². The first-order valence-corrected chi connectivity index (χ1v) is 28.1. The number of nitriles is 2. The Morgan fingerprint density at radius 3 is 0.524 bits per heavy atom. The molecule has 0 amide bonds. The van der Waals surface area contributed by atoms with Gasteiger partial charge < -0.3 is 9.80 Å². The highest BCUT2D eigenvalue weighted by atomic mass is 15.1. The fraction of sp³-hybridized carbons (Fsp3) is 0. The number of anilines is 6. The molecule has 0 atom stereocenters. The van der Waals surface area contributed by atoms with Crippen molar-refractivity contribution in [2.24, 2.45) is 0 Å². The summed E-state index contributed by atoms with van der Waals surface area (Å²) >= 11 is 0. The third-order valence-electron chi connectivity index (χ3n) is 15.0. The van der Waals surface area contributed by atoms with E-state index in [2.05, 4.69) is 277 Å². The molecule has 12 rings (SSSR count). The van der Waals surface area contributed by atoms with Crippen LogP contribution < -0.4 is 9.80 Å². The van der Waals surface area contributed by atoms with Gasteiger partial charge in [0.25, 0.3) is 0 Å². The Morgan fingerprint density at radius 1 is 0.179 bits per heavy atom. The van der Waals surface area contributed by atoms with E-state index in [0.717, 1.165) is 101 Å². The molecular formula is C80H56N4. The lowest BCUT2D eigenvalue weighted by Gasteiger charge is -2.26. The van der Waals surface area contributed by atoms with E-state index in [4.69, 9.17) is 0 Å². The Kier molecular flexibility index (Phi) is 16.0. The van der Waals surface area contributed by atoms with Crippen molar-refractivity contribution in [1.29, 1.82) is 10.5 Å². The average Bonchev–Trinajstić information content (AvgIpc) is 2.95. The van der Waals surface area contributed by atoms with Crippen molar-refractivity contribution in [3.8, 4) is 12.1 Å². The van der Waals surface area contributed by atoms with E-state index in [-0.39, 0.29) is 0 Å². The molecule has 0 N–H and O–H groups in total. The molecule has 396 valence electrons. The minimum absolute atomic E-state index is 0.295. The van der Waals surface area contributed by atoms with Gasteiger partial charge in [0.05, 0.1) is 11.1 Å². The van der Waals surface area contributed by atoms with Crippen LogP contribution in [0.15, 0.2) is 340 Å². The van der Waals surface area contributed by atoms with Crippen LogP contribution in [0.25, 0.3) is 33.4 Å². The second-order valence-electron chi connectivity index (χ2n) is 20.2. The summed E-state index contributed by atoms with van der Waals surface area (Å²) in [7, 11) is 0. The molecule has 12 aromatic rings. The van der Waals surface area contributed by atoms with Crippen molar-refractivity contribution in [2.45, 2.75) is 0 Å². The van der Waals surface area contributed by atoms with E-state index >= 15 is 0 Å². The van der Waals surface area contributed by atoms with Gasteiger partial charge in [-0.25, -0.2) is 0 Å². The molecule has 0 unspecified atom stereocenters. The molecule has 0 saturated heterocycles. The first-order chi connectivity index (χ1) is 41.6. The molecular weight excluding hydrogens is 1020 g/mol. The highest BCUT2D eigenvalue weighted by Gasteiger charge is 2.22. The number of hydrogen-bond acceptors (Lipinski definition) is 4. The summed E-state index contributed by atoms with van der Waals surface area (Å²) in [5.41, 5.74) is 21.1. The highest BCUT2D eigenvalue weighted by molar-refractivity contribution is 6.07. The fourth-order valence-electron chi connectivity index (χ4n) is 11.1. The molecule has 0 bridgehead atoms. The summed E-state index contributed by atoms with van der Waals surface area (Å²) in [6.07, 6.45) is 0. The van der Waals surface area contributed by atoms with Crippen LogP contribution in [0.5, 0.6) is 0 Å². The van der Waals surface area contributed by atoms with E-state index < -0.39 is 0 Å². The van der Waals surface area contributed by atoms with Crippen molar-refractivity contribution < 1.29 is 0 Å². The van der Waals surface area contributed by atoms with Crippen LogP contribution in [0.2, 0.25) is 0 Å². The number of benzene rings is 12. The van der Waals surface area contributed by atoms with Gasteiger partial charge in [-0.15, -0.1) is 0 Å². The van der Waals surface area contributed by atoms with Crippen molar-refractivity contribution in [3.05, 3.63) is 395 Å². The summed E-state index contributed by atoms with van der Waals surface area (Å²) in [5, 5.41) is 21.7. The van der Waals surface area contributed by atoms with Gasteiger partial charge in [0.2, 0.25) is 0 Å². The van der Waals surface area contributed by atoms with Crippen LogP contribution in [-0.4, -0.2) is 0 Å². The molecule has 0 fully saturated rings. The zero-order valence-corrected chi connectivity index (χ0v) is 46.1. The zero-order chi connectivity index (χ0) is 56.9. The molecule has 4 nitrogen and oxygen atoms in total. The van der Waals surface area contributed by atoms with Crippen molar-refractivity contribution in [3.63, 3.8) is 0 Å². The average molecular weight is 1070 g/mol. The maximum absolute atomic E-state index is 10.9. The second kappa shape index (κ2) is 25.3. The first kappa shape index (κ1) is 53.1. The molecule has 0 aliphatic heterocycles. The molecule has 0 radical (unpaired) electrons. The highest BCUT2D eigenvalue weighted by Crippen LogP contribution is 2.43. The molecule has 0 aromatic heterocycles. The summed E-state index contributed by atoms with van der Waals surface area (Å²) in [6.45, 7) is 0. The molecule has 84 heavy (non-hydrogen) atoms. The number of para-hydroxylation sites is 2. The molecule has 12 aromatic carbocycles. The van der Waals surface area contributed by atoms with Crippen LogP contribution in [0.4, 0.5) is 34.1 Å². The van der Waals surface area contributed by atoms with E-state index in [9.17, 15) is 10.5 Å². The Bertz CT molecular complexity index is 3950. The number of allylic oxidation sites excluding steroid dienone is 2. The number of nitrogens with zero attached hydrogens (tertiary/aromatic N) is 4. The SMILES string of the molecule is N#CC(=C(C#N)c1ccc(N(c2ccccc2)c2ccc(C(=C(c3ccccc3)c3ccccc3)c3ccccc3)cc2)cc1)c1ccc(N(c2ccccc2)c2ccc(C(=C(c3ccccc3)c3ccccc3)c3ccccc3)cc2)cc1. The van der Waals surface area contributed by atoms with Crippen LogP contribution in [0.1, 0.15) is 55.6 Å². The third kappa shape index (κ3) is 11.4. The van der Waals surface area contributed by atoms with E-state index in [0.29, 0.717) is 22.3 Å². The summed E-state index contributed by atoms with van der Waals surface area (Å²) in [6, 6.07) is 122. The van der Waals surface area contributed by atoms with Crippen LogP contribution in [-0.2, 0) is 0 Å². The maximum atomic E-state index is 10.9. The van der Waals surface area contributed by atoms with E-state index in [1.54, 1.807) is 0 Å². The molecule has 0 saturated carbocycles. The summed E-state index contributed by atoms with van der Waals surface area (Å²) in [5.74, 6) is 0. The molecule has 0 heterocycles. The van der Waals surface area contributed by atoms with Crippen LogP contribution >= 0.6 is 0 Å². The van der Waals surface area contributed by atoms with Gasteiger partial charge >= 0.3 is 0 Å². The lowest BCUT2D eigenvalue weighted by molar-refractivity contribution is 1.28. The van der Waals surface area contributed by atoms with E-state index in [1.807, 2.05) is 84.9 Å². The van der Waals surface area contributed by atoms with Gasteiger partial charge in [-0.3, -0.25) is 0 Å². The Balaban J connectivity index is 0.874. The Morgan fingerprint density at radius 2 is 0.333 bits per heavy atom. The monoisotopic (exact) mass is 1070 g/mol. The predicted octanol–water partition coefficient (Wildman–Crippen LogP) is 20.6. The quantitative estimate of drug-likeness (QED) is 0.0715. The lowest BCUT2D eigenvalue weighted by atomic mass is 9.86. The van der Waals surface area contributed by atoms with Gasteiger partial charge in [0.15, 0.2) is 0 Å². The predicted molar refractivity (Wildman–Crippen MR) is 349 cm³/mol. The van der Waals surface area contributed by atoms with Gasteiger partial charge in [0, 0.05) is 34.1 Å². The van der Waals surface area contributed by atoms with Gasteiger partial charge in [-0.1, -0.05) is 267 Å². The van der Waals surface area contributed by atoms with Crippen molar-refractivity contribution >= 4 is 67.6 Å². The van der Waals surface area contributed by atoms with Crippen LogP contribution in [0.3, 0.4) is 0 Å². The smallest absolute Gasteiger partial charge is 0.101 e. The standard InChI is InChI=1S/C80H56N4/c81-57-75(59-41-49-71(50-42-59)83(69-37-21-7-22-38-69)73-53-45-67(46-54-73)79(65-33-17-5-18-34-65)77(61-25-9-1-10-26-61)62-27-11-2-12-28-62)76(58-82)60-43-51-72(52-44-60)84(70-39-23-8-24-40-70)74-55-47-68(48-56-74)80(66-35-19-6-20-36-66)78(63-29-13-3-14-30-63)64-31-15-4-16-32-64/h1-56H. The maximum Gasteiger partial charge on any atom is 0.101 e. The summed E-state index contributed by atoms with van der Waals surface area (Å²) in [4.78, 5) is 4.43. The lowest BCUT2D eigenvalue weighted by Crippen LogP contribution is -2.10. The Hall–Kier alpha value is -11.6. The molecule has 0 aliphatic rings.